The molecule has 0 radical (unpaired) electrons. The van der Waals surface area contributed by atoms with Crippen molar-refractivity contribution in [3.8, 4) is 0 Å². The standard InChI is InChI=1S/C23H29N5OS/c1-5-28(6-2)21-15-17(4)24-23(27-21)26-19-9-7-18(8-10-19)25-22(29)12-11-20-16(3)13-14-30-20/h7-10,13-15H,5-6,11-12H2,1-4H3,(H,25,29)(H,24,26,27). The number of carbonyl (C=O) groups excluding carboxylic acids is 1. The number of hydrogen-bond acceptors (Lipinski definition) is 6. The van der Waals surface area contributed by atoms with Crippen LogP contribution >= 0.6 is 11.3 Å². The van der Waals surface area contributed by atoms with E-state index >= 15 is 0 Å². The number of benzene rings is 1. The summed E-state index contributed by atoms with van der Waals surface area (Å²) < 4.78 is 0. The maximum Gasteiger partial charge on any atom is 0.229 e. The minimum atomic E-state index is 0.0226. The Kier molecular flexibility index (Phi) is 7.41. The zero-order chi connectivity index (χ0) is 21.5. The van der Waals surface area contributed by atoms with E-state index in [1.165, 1.54) is 10.4 Å². The lowest BCUT2D eigenvalue weighted by molar-refractivity contribution is -0.116. The van der Waals surface area contributed by atoms with Crippen molar-refractivity contribution < 1.29 is 4.79 Å². The van der Waals surface area contributed by atoms with E-state index in [1.54, 1.807) is 11.3 Å². The van der Waals surface area contributed by atoms with Crippen molar-refractivity contribution in [3.05, 3.63) is 57.9 Å². The third-order valence-corrected chi connectivity index (χ3v) is 5.98. The Balaban J connectivity index is 1.59. The van der Waals surface area contributed by atoms with Gasteiger partial charge in [-0.15, -0.1) is 11.3 Å². The average Bonchev–Trinajstić information content (AvgIpc) is 3.13. The van der Waals surface area contributed by atoms with Gasteiger partial charge in [0.2, 0.25) is 11.9 Å². The van der Waals surface area contributed by atoms with Gasteiger partial charge in [-0.05, 0) is 75.4 Å². The molecule has 0 unspecified atom stereocenters. The molecule has 0 fully saturated rings. The monoisotopic (exact) mass is 423 g/mol. The highest BCUT2D eigenvalue weighted by molar-refractivity contribution is 7.10. The molecule has 2 N–H and O–H groups in total. The molecule has 0 aliphatic carbocycles. The van der Waals surface area contributed by atoms with Crippen molar-refractivity contribution in [2.24, 2.45) is 0 Å². The van der Waals surface area contributed by atoms with Crippen molar-refractivity contribution in [1.82, 2.24) is 9.97 Å². The largest absolute Gasteiger partial charge is 0.357 e. The van der Waals surface area contributed by atoms with Crippen molar-refractivity contribution in [2.75, 3.05) is 28.6 Å². The number of nitrogens with one attached hydrogen (secondary N) is 2. The van der Waals surface area contributed by atoms with E-state index in [9.17, 15) is 4.79 Å². The maximum atomic E-state index is 12.2. The van der Waals surface area contributed by atoms with Crippen molar-refractivity contribution in [3.63, 3.8) is 0 Å². The molecule has 1 aromatic carbocycles. The number of nitrogens with zero attached hydrogens (tertiary/aromatic N) is 3. The first-order valence-electron chi connectivity index (χ1n) is 10.3. The normalized spacial score (nSPS) is 10.7. The highest BCUT2D eigenvalue weighted by Gasteiger charge is 2.09. The Labute approximate surface area is 182 Å². The molecule has 3 rings (SSSR count). The van der Waals surface area contributed by atoms with Gasteiger partial charge in [0.1, 0.15) is 5.82 Å². The number of anilines is 4. The van der Waals surface area contributed by atoms with Gasteiger partial charge in [-0.1, -0.05) is 0 Å². The summed E-state index contributed by atoms with van der Waals surface area (Å²) in [4.78, 5) is 24.8. The van der Waals surface area contributed by atoms with Crippen LogP contribution < -0.4 is 15.5 Å². The van der Waals surface area contributed by atoms with Crippen LogP contribution in [0.4, 0.5) is 23.1 Å². The van der Waals surface area contributed by atoms with Gasteiger partial charge in [-0.25, -0.2) is 4.98 Å². The minimum Gasteiger partial charge on any atom is -0.357 e. The molecule has 3 aromatic rings. The second-order valence-corrected chi connectivity index (χ2v) is 8.14. The zero-order valence-corrected chi connectivity index (χ0v) is 18.8. The lowest BCUT2D eigenvalue weighted by atomic mass is 10.2. The Morgan fingerprint density at radius 3 is 2.37 bits per heavy atom. The Bertz CT molecular complexity index is 980. The molecule has 1 amide bonds. The van der Waals surface area contributed by atoms with E-state index in [4.69, 9.17) is 0 Å². The first-order valence-corrected chi connectivity index (χ1v) is 11.2. The molecular weight excluding hydrogens is 394 g/mol. The molecule has 0 spiro atoms. The molecule has 0 saturated heterocycles. The third-order valence-electron chi connectivity index (χ3n) is 4.90. The molecule has 0 aliphatic heterocycles. The molecule has 0 bridgehead atoms. The van der Waals surface area contributed by atoms with Crippen LogP contribution in [0.15, 0.2) is 41.8 Å². The molecule has 158 valence electrons. The quantitative estimate of drug-likeness (QED) is 0.488. The van der Waals surface area contributed by atoms with Gasteiger partial charge in [0.05, 0.1) is 0 Å². The van der Waals surface area contributed by atoms with Gasteiger partial charge in [-0.2, -0.15) is 4.98 Å². The number of aryl methyl sites for hydroxylation is 3. The fourth-order valence-corrected chi connectivity index (χ4v) is 4.10. The number of rotatable bonds is 9. The van der Waals surface area contributed by atoms with Gasteiger partial charge in [0, 0.05) is 47.5 Å². The number of amides is 1. The summed E-state index contributed by atoms with van der Waals surface area (Å²) in [6, 6.07) is 11.7. The van der Waals surface area contributed by atoms with Gasteiger partial charge < -0.3 is 15.5 Å². The summed E-state index contributed by atoms with van der Waals surface area (Å²) in [5.41, 5.74) is 3.82. The van der Waals surface area contributed by atoms with Crippen LogP contribution in [0.3, 0.4) is 0 Å². The Morgan fingerprint density at radius 2 is 1.73 bits per heavy atom. The summed E-state index contributed by atoms with van der Waals surface area (Å²) in [7, 11) is 0. The first-order chi connectivity index (χ1) is 14.5. The number of thiophene rings is 1. The van der Waals surface area contributed by atoms with Crippen molar-refractivity contribution in [1.29, 1.82) is 0 Å². The lowest BCUT2D eigenvalue weighted by Gasteiger charge is -2.20. The Hall–Kier alpha value is -2.93. The molecule has 2 heterocycles. The summed E-state index contributed by atoms with van der Waals surface area (Å²) in [5.74, 6) is 1.51. The predicted octanol–water partition coefficient (Wildman–Crippen LogP) is 5.32. The van der Waals surface area contributed by atoms with Crippen molar-refractivity contribution >= 4 is 40.4 Å². The summed E-state index contributed by atoms with van der Waals surface area (Å²) in [6.07, 6.45) is 1.25. The average molecular weight is 424 g/mol. The summed E-state index contributed by atoms with van der Waals surface area (Å²) >= 11 is 1.70. The van der Waals surface area contributed by atoms with Gasteiger partial charge >= 0.3 is 0 Å². The molecule has 0 aliphatic rings. The maximum absolute atomic E-state index is 12.2. The van der Waals surface area contributed by atoms with E-state index in [0.717, 1.165) is 42.4 Å². The molecule has 0 atom stereocenters. The van der Waals surface area contributed by atoms with Gasteiger partial charge in [-0.3, -0.25) is 4.79 Å². The lowest BCUT2D eigenvalue weighted by Crippen LogP contribution is -2.23. The van der Waals surface area contributed by atoms with Crippen LogP contribution in [0.25, 0.3) is 0 Å². The fraction of sp³-hybridized carbons (Fsp3) is 0.348. The zero-order valence-electron chi connectivity index (χ0n) is 18.0. The molecular formula is C23H29N5OS. The SMILES string of the molecule is CCN(CC)c1cc(C)nc(Nc2ccc(NC(=O)CCc3sccc3C)cc2)n1. The van der Waals surface area contributed by atoms with Crippen LogP contribution in [-0.2, 0) is 11.2 Å². The van der Waals surface area contributed by atoms with Crippen LogP contribution in [0.2, 0.25) is 0 Å². The summed E-state index contributed by atoms with van der Waals surface area (Å²) in [5, 5.41) is 8.29. The molecule has 0 saturated carbocycles. The fourth-order valence-electron chi connectivity index (χ4n) is 3.19. The molecule has 6 nitrogen and oxygen atoms in total. The van der Waals surface area contributed by atoms with E-state index in [-0.39, 0.29) is 5.91 Å². The predicted molar refractivity (Wildman–Crippen MR) is 126 cm³/mol. The summed E-state index contributed by atoms with van der Waals surface area (Å²) in [6.45, 7) is 10.1. The number of carbonyl (C=O) groups is 1. The van der Waals surface area contributed by atoms with Crippen molar-refractivity contribution in [2.45, 2.75) is 40.5 Å². The van der Waals surface area contributed by atoms with E-state index in [1.807, 2.05) is 37.3 Å². The van der Waals surface area contributed by atoms with Crippen LogP contribution in [-0.4, -0.2) is 29.0 Å². The molecule has 2 aromatic heterocycles. The Morgan fingerprint density at radius 1 is 1.03 bits per heavy atom. The second-order valence-electron chi connectivity index (χ2n) is 7.14. The molecule has 30 heavy (non-hydrogen) atoms. The van der Waals surface area contributed by atoms with E-state index < -0.39 is 0 Å². The second kappa shape index (κ2) is 10.2. The van der Waals surface area contributed by atoms with Gasteiger partial charge in [0.15, 0.2) is 0 Å². The topological polar surface area (TPSA) is 70.2 Å². The molecule has 7 heteroatoms. The third kappa shape index (κ3) is 5.79. The van der Waals surface area contributed by atoms with Crippen LogP contribution in [0.5, 0.6) is 0 Å². The van der Waals surface area contributed by atoms with Gasteiger partial charge in [0.25, 0.3) is 0 Å². The number of aromatic nitrogens is 2. The van der Waals surface area contributed by atoms with Crippen LogP contribution in [0.1, 0.15) is 36.4 Å². The number of hydrogen-bond donors (Lipinski definition) is 2. The van der Waals surface area contributed by atoms with E-state index in [2.05, 4.69) is 57.7 Å². The highest BCUT2D eigenvalue weighted by atomic mass is 32.1. The van der Waals surface area contributed by atoms with Crippen LogP contribution in [0, 0.1) is 13.8 Å². The minimum absolute atomic E-state index is 0.0226. The smallest absolute Gasteiger partial charge is 0.229 e. The first kappa shape index (κ1) is 21.8. The van der Waals surface area contributed by atoms with E-state index in [0.29, 0.717) is 12.4 Å². The highest BCUT2D eigenvalue weighted by Crippen LogP contribution is 2.21.